The average molecular weight is 384 g/mol. The molecule has 5 nitrogen and oxygen atoms in total. The predicted octanol–water partition coefficient (Wildman–Crippen LogP) is 3.98. The van der Waals surface area contributed by atoms with Crippen LogP contribution in [-0.4, -0.2) is 15.5 Å². The Morgan fingerprint density at radius 1 is 1.22 bits per heavy atom. The van der Waals surface area contributed by atoms with Crippen molar-refractivity contribution in [3.8, 4) is 0 Å². The molecule has 0 radical (unpaired) electrons. The summed E-state index contributed by atoms with van der Waals surface area (Å²) < 4.78 is 1.40. The van der Waals surface area contributed by atoms with Crippen molar-refractivity contribution >= 4 is 27.5 Å². The molecule has 0 fully saturated rings. The smallest absolute Gasteiger partial charge is 0.262 e. The number of carbonyl (C=O) groups excluding carboxylic acids is 1. The summed E-state index contributed by atoms with van der Waals surface area (Å²) in [6.45, 7) is 8.14. The van der Waals surface area contributed by atoms with Crippen LogP contribution in [0.4, 0.5) is 0 Å². The Kier molecular flexibility index (Phi) is 5.75. The first kappa shape index (κ1) is 19.3. The van der Waals surface area contributed by atoms with Gasteiger partial charge in [-0.05, 0) is 37.3 Å². The molecular weight excluding hydrogens is 358 g/mol. The molecular formula is C21H25N3O2S. The first-order valence-electron chi connectivity index (χ1n) is 9.16. The maximum Gasteiger partial charge on any atom is 0.262 e. The van der Waals surface area contributed by atoms with Crippen molar-refractivity contribution in [1.29, 1.82) is 0 Å². The van der Waals surface area contributed by atoms with Gasteiger partial charge < -0.3 is 5.32 Å². The summed E-state index contributed by atoms with van der Waals surface area (Å²) in [5.74, 6) is 0.255. The largest absolute Gasteiger partial charge is 0.348 e. The van der Waals surface area contributed by atoms with Gasteiger partial charge in [0.05, 0.1) is 17.8 Å². The van der Waals surface area contributed by atoms with Crippen LogP contribution >= 0.6 is 11.3 Å². The Morgan fingerprint density at radius 2 is 1.93 bits per heavy atom. The van der Waals surface area contributed by atoms with E-state index in [4.69, 9.17) is 0 Å². The molecule has 0 aliphatic heterocycles. The van der Waals surface area contributed by atoms with Crippen molar-refractivity contribution in [2.24, 2.45) is 5.92 Å². The number of amides is 1. The fourth-order valence-electron chi connectivity index (χ4n) is 3.21. The van der Waals surface area contributed by atoms with Gasteiger partial charge in [-0.25, -0.2) is 4.98 Å². The van der Waals surface area contributed by atoms with Gasteiger partial charge in [-0.2, -0.15) is 0 Å². The minimum absolute atomic E-state index is 0.0302. The summed E-state index contributed by atoms with van der Waals surface area (Å²) in [5.41, 5.74) is 1.87. The van der Waals surface area contributed by atoms with E-state index in [0.29, 0.717) is 11.3 Å². The highest BCUT2D eigenvalue weighted by atomic mass is 32.1. The number of fused-ring (bicyclic) bond motifs is 1. The third-order valence-electron chi connectivity index (χ3n) is 4.71. The van der Waals surface area contributed by atoms with Gasteiger partial charge in [0.2, 0.25) is 5.91 Å². The summed E-state index contributed by atoms with van der Waals surface area (Å²) in [6, 6.07) is 9.87. The molecule has 0 spiro atoms. The average Bonchev–Trinajstić information content (AvgIpc) is 2.92. The van der Waals surface area contributed by atoms with Crippen LogP contribution in [0.2, 0.25) is 0 Å². The number of nitrogens with one attached hydrogen (secondary N) is 1. The molecule has 0 bridgehead atoms. The maximum absolute atomic E-state index is 12.8. The number of benzene rings is 1. The Balaban J connectivity index is 1.82. The SMILES string of the molecule is Cc1sc2ncn(CC(=O)N[C@H](CC(C)C)c3ccccc3)c(=O)c2c1C. The van der Waals surface area contributed by atoms with Crippen LogP contribution in [-0.2, 0) is 11.3 Å². The second kappa shape index (κ2) is 8.05. The van der Waals surface area contributed by atoms with Gasteiger partial charge in [-0.1, -0.05) is 44.2 Å². The number of carbonyl (C=O) groups is 1. The highest BCUT2D eigenvalue weighted by Crippen LogP contribution is 2.25. The minimum atomic E-state index is -0.183. The number of nitrogens with zero attached hydrogens (tertiary/aromatic N) is 2. The van der Waals surface area contributed by atoms with Gasteiger partial charge in [0.15, 0.2) is 0 Å². The normalized spacial score (nSPS) is 12.5. The zero-order valence-electron chi connectivity index (χ0n) is 16.2. The number of thiophene rings is 1. The molecule has 1 aromatic carbocycles. The third kappa shape index (κ3) is 4.27. The number of aromatic nitrogens is 2. The molecule has 1 atom stereocenters. The van der Waals surface area contributed by atoms with Crippen molar-refractivity contribution in [2.45, 2.75) is 46.7 Å². The Hall–Kier alpha value is -2.47. The Bertz CT molecular complexity index is 1010. The number of hydrogen-bond acceptors (Lipinski definition) is 4. The molecule has 0 unspecified atom stereocenters. The van der Waals surface area contributed by atoms with E-state index in [1.165, 1.54) is 22.2 Å². The second-order valence-electron chi connectivity index (χ2n) is 7.30. The van der Waals surface area contributed by atoms with E-state index in [9.17, 15) is 9.59 Å². The lowest BCUT2D eigenvalue weighted by Gasteiger charge is -2.21. The summed E-state index contributed by atoms with van der Waals surface area (Å²) in [7, 11) is 0. The van der Waals surface area contributed by atoms with Crippen LogP contribution in [0.3, 0.4) is 0 Å². The molecule has 6 heteroatoms. The molecule has 0 aliphatic carbocycles. The van der Waals surface area contributed by atoms with E-state index >= 15 is 0 Å². The maximum atomic E-state index is 12.8. The van der Waals surface area contributed by atoms with Crippen LogP contribution in [0.1, 0.15) is 42.3 Å². The quantitative estimate of drug-likeness (QED) is 0.700. The van der Waals surface area contributed by atoms with Gasteiger partial charge >= 0.3 is 0 Å². The summed E-state index contributed by atoms with van der Waals surface area (Å²) in [4.78, 5) is 31.6. The van der Waals surface area contributed by atoms with Gasteiger partial charge in [0.1, 0.15) is 11.4 Å². The van der Waals surface area contributed by atoms with E-state index in [1.54, 1.807) is 0 Å². The van der Waals surface area contributed by atoms with Crippen molar-refractivity contribution in [3.63, 3.8) is 0 Å². The van der Waals surface area contributed by atoms with E-state index in [2.05, 4.69) is 24.1 Å². The second-order valence-corrected chi connectivity index (χ2v) is 8.50. The van der Waals surface area contributed by atoms with Gasteiger partial charge in [0.25, 0.3) is 5.56 Å². The fourth-order valence-corrected chi connectivity index (χ4v) is 4.20. The van der Waals surface area contributed by atoms with Crippen molar-refractivity contribution in [2.75, 3.05) is 0 Å². The van der Waals surface area contributed by atoms with Crippen molar-refractivity contribution in [3.05, 3.63) is 63.0 Å². The van der Waals surface area contributed by atoms with Crippen molar-refractivity contribution in [1.82, 2.24) is 14.9 Å². The molecule has 3 rings (SSSR count). The van der Waals surface area contributed by atoms with E-state index < -0.39 is 0 Å². The molecule has 142 valence electrons. The lowest BCUT2D eigenvalue weighted by molar-refractivity contribution is -0.122. The van der Waals surface area contributed by atoms with Gasteiger partial charge in [0, 0.05) is 4.88 Å². The molecule has 0 saturated carbocycles. The summed E-state index contributed by atoms with van der Waals surface area (Å²) in [5, 5.41) is 3.70. The topological polar surface area (TPSA) is 64.0 Å². The predicted molar refractivity (Wildman–Crippen MR) is 110 cm³/mol. The Morgan fingerprint density at radius 3 is 2.59 bits per heavy atom. The molecule has 2 heterocycles. The summed E-state index contributed by atoms with van der Waals surface area (Å²) >= 11 is 1.51. The minimum Gasteiger partial charge on any atom is -0.348 e. The van der Waals surface area contributed by atoms with Crippen LogP contribution in [0.25, 0.3) is 10.2 Å². The van der Waals surface area contributed by atoms with Gasteiger partial charge in [-0.15, -0.1) is 11.3 Å². The first-order chi connectivity index (χ1) is 12.9. The number of hydrogen-bond donors (Lipinski definition) is 1. The third-order valence-corrected chi connectivity index (χ3v) is 5.83. The Labute approximate surface area is 163 Å². The molecule has 1 N–H and O–H groups in total. The van der Waals surface area contributed by atoms with Crippen LogP contribution in [0, 0.1) is 19.8 Å². The zero-order valence-corrected chi connectivity index (χ0v) is 17.0. The lowest BCUT2D eigenvalue weighted by Crippen LogP contribution is -2.35. The highest BCUT2D eigenvalue weighted by molar-refractivity contribution is 7.18. The molecule has 2 aromatic heterocycles. The fraction of sp³-hybridized carbons (Fsp3) is 0.381. The van der Waals surface area contributed by atoms with E-state index in [-0.39, 0.29) is 24.1 Å². The van der Waals surface area contributed by atoms with Crippen LogP contribution < -0.4 is 10.9 Å². The monoisotopic (exact) mass is 383 g/mol. The number of rotatable bonds is 6. The highest BCUT2D eigenvalue weighted by Gasteiger charge is 2.18. The molecule has 3 aromatic rings. The van der Waals surface area contributed by atoms with Gasteiger partial charge in [-0.3, -0.25) is 14.2 Å². The molecule has 27 heavy (non-hydrogen) atoms. The molecule has 0 aliphatic rings. The lowest BCUT2D eigenvalue weighted by atomic mass is 9.97. The number of aryl methyl sites for hydroxylation is 2. The van der Waals surface area contributed by atoms with Crippen molar-refractivity contribution < 1.29 is 4.79 Å². The van der Waals surface area contributed by atoms with E-state index in [0.717, 1.165) is 27.3 Å². The standard InChI is InChI=1S/C21H25N3O2S/c1-13(2)10-17(16-8-6-5-7-9-16)23-18(25)11-24-12-22-20-19(21(24)26)14(3)15(4)27-20/h5-9,12-13,17H,10-11H2,1-4H3,(H,23,25)/t17-/m1/s1. The molecule has 1 amide bonds. The molecule has 0 saturated heterocycles. The van der Waals surface area contributed by atoms with Crippen LogP contribution in [0.15, 0.2) is 41.5 Å². The summed E-state index contributed by atoms with van der Waals surface area (Å²) in [6.07, 6.45) is 2.31. The zero-order chi connectivity index (χ0) is 19.6. The first-order valence-corrected chi connectivity index (χ1v) is 9.98. The van der Waals surface area contributed by atoms with E-state index in [1.807, 2.05) is 44.2 Å². The van der Waals surface area contributed by atoms with Crippen LogP contribution in [0.5, 0.6) is 0 Å².